The molecule has 1 fully saturated rings. The number of nitrogens with zero attached hydrogens (tertiary/aromatic N) is 1. The molecule has 4 rings (SSSR count). The van der Waals surface area contributed by atoms with Crippen molar-refractivity contribution in [1.82, 2.24) is 4.90 Å². The van der Waals surface area contributed by atoms with Crippen LogP contribution < -0.4 is 5.73 Å². The van der Waals surface area contributed by atoms with Crippen molar-refractivity contribution in [2.75, 3.05) is 13.7 Å². The standard InChI is InChI=1S/C30H35FN2O5/c1-3-5-25(33(2)28-14-26(36)27(17-35)38-28)24-13-12-20-9-11-23(18-37-31)30-21(15-32)10-8-19(29(20)30)6-4-7-22(24)16-34/h3-5,7-11,16,26-28,35-36H,1,6,12-15,17-18,32H2,2H3/b7-4-,24-22-,25-5+. The Labute approximate surface area is 222 Å². The van der Waals surface area contributed by atoms with Gasteiger partial charge >= 0.3 is 0 Å². The van der Waals surface area contributed by atoms with Gasteiger partial charge in [0.25, 0.3) is 0 Å². The maximum absolute atomic E-state index is 12.9. The fourth-order valence-electron chi connectivity index (χ4n) is 5.54. The van der Waals surface area contributed by atoms with Gasteiger partial charge in [-0.25, -0.2) is 0 Å². The Balaban J connectivity index is 1.79. The summed E-state index contributed by atoms with van der Waals surface area (Å²) >= 11 is 0. The molecule has 7 nitrogen and oxygen atoms in total. The number of carbonyl (C=O) groups is 1. The highest BCUT2D eigenvalue weighted by Gasteiger charge is 2.36. The molecule has 4 N–H and O–H groups in total. The summed E-state index contributed by atoms with van der Waals surface area (Å²) in [5, 5.41) is 21.8. The summed E-state index contributed by atoms with van der Waals surface area (Å²) < 4.78 is 18.8. The molecule has 2 aromatic rings. The van der Waals surface area contributed by atoms with Crippen LogP contribution in [0.4, 0.5) is 4.53 Å². The predicted octanol–water partition coefficient (Wildman–Crippen LogP) is 3.71. The van der Waals surface area contributed by atoms with Gasteiger partial charge in [0.1, 0.15) is 25.2 Å². The van der Waals surface area contributed by atoms with Crippen LogP contribution in [0.3, 0.4) is 0 Å². The number of hydrogen-bond donors (Lipinski definition) is 3. The predicted molar refractivity (Wildman–Crippen MR) is 144 cm³/mol. The van der Waals surface area contributed by atoms with E-state index < -0.39 is 18.4 Å². The molecule has 202 valence electrons. The Morgan fingerprint density at radius 2 is 2.00 bits per heavy atom. The Bertz CT molecular complexity index is 1290. The third-order valence-corrected chi connectivity index (χ3v) is 7.47. The summed E-state index contributed by atoms with van der Waals surface area (Å²) in [5.74, 6) is 0. The van der Waals surface area contributed by atoms with Crippen molar-refractivity contribution < 1.29 is 29.2 Å². The quantitative estimate of drug-likeness (QED) is 0.341. The fourth-order valence-corrected chi connectivity index (χ4v) is 5.54. The number of rotatable bonds is 9. The number of ether oxygens (including phenoxy) is 1. The average Bonchev–Trinajstić information content (AvgIpc) is 3.32. The number of carbonyl (C=O) groups excluding carboxylic acids is 1. The number of aldehydes is 1. The molecule has 1 aliphatic heterocycles. The summed E-state index contributed by atoms with van der Waals surface area (Å²) in [6.45, 7) is 3.74. The van der Waals surface area contributed by atoms with E-state index in [-0.39, 0.29) is 13.2 Å². The normalized spacial score (nSPS) is 24.9. The van der Waals surface area contributed by atoms with Crippen molar-refractivity contribution in [3.8, 4) is 0 Å². The first kappa shape index (κ1) is 27.9. The van der Waals surface area contributed by atoms with Crippen LogP contribution >= 0.6 is 0 Å². The molecule has 2 aromatic carbocycles. The van der Waals surface area contributed by atoms with Crippen LogP contribution in [0.15, 0.2) is 72.0 Å². The van der Waals surface area contributed by atoms with E-state index in [2.05, 4.69) is 11.5 Å². The molecule has 0 saturated carbocycles. The van der Waals surface area contributed by atoms with Gasteiger partial charge in [0.05, 0.1) is 12.7 Å². The molecule has 8 heteroatoms. The molecule has 1 saturated heterocycles. The summed E-state index contributed by atoms with van der Waals surface area (Å²) in [6, 6.07) is 7.89. The summed E-state index contributed by atoms with van der Waals surface area (Å²) in [4.78, 5) is 18.2. The van der Waals surface area contributed by atoms with Crippen molar-refractivity contribution in [3.63, 3.8) is 0 Å². The molecular weight excluding hydrogens is 487 g/mol. The Morgan fingerprint density at radius 1 is 1.24 bits per heavy atom. The Hall–Kier alpha value is -3.14. The van der Waals surface area contributed by atoms with Gasteiger partial charge in [0, 0.05) is 31.3 Å². The Morgan fingerprint density at radius 3 is 2.66 bits per heavy atom. The molecule has 3 unspecified atom stereocenters. The first-order chi connectivity index (χ1) is 18.5. The van der Waals surface area contributed by atoms with Crippen molar-refractivity contribution >= 4 is 17.1 Å². The molecule has 0 radical (unpaired) electrons. The number of aliphatic hydroxyl groups excluding tert-OH is 2. The molecule has 38 heavy (non-hydrogen) atoms. The second-order valence-corrected chi connectivity index (χ2v) is 9.65. The van der Waals surface area contributed by atoms with E-state index in [0.29, 0.717) is 37.8 Å². The van der Waals surface area contributed by atoms with Crippen LogP contribution in [0, 0.1) is 0 Å². The van der Waals surface area contributed by atoms with Crippen molar-refractivity contribution in [3.05, 3.63) is 94.2 Å². The van der Waals surface area contributed by atoms with Gasteiger partial charge in [-0.1, -0.05) is 49.1 Å². The first-order valence-electron chi connectivity index (χ1n) is 12.8. The number of hydrogen-bond acceptors (Lipinski definition) is 7. The van der Waals surface area contributed by atoms with Crippen LogP contribution in [0.2, 0.25) is 0 Å². The highest BCUT2D eigenvalue weighted by Crippen LogP contribution is 2.35. The Kier molecular flexibility index (Phi) is 9.25. The van der Waals surface area contributed by atoms with E-state index in [9.17, 15) is 19.5 Å². The van der Waals surface area contributed by atoms with Gasteiger partial charge in [-0.2, -0.15) is 4.94 Å². The summed E-state index contributed by atoms with van der Waals surface area (Å²) in [7, 11) is 1.84. The van der Waals surface area contributed by atoms with Gasteiger partial charge in [-0.15, -0.1) is 0 Å². The minimum Gasteiger partial charge on any atom is -0.394 e. The third-order valence-electron chi connectivity index (χ3n) is 7.47. The van der Waals surface area contributed by atoms with Crippen LogP contribution in [0.25, 0.3) is 10.8 Å². The number of benzene rings is 2. The van der Waals surface area contributed by atoms with Crippen molar-refractivity contribution in [2.24, 2.45) is 5.73 Å². The summed E-state index contributed by atoms with van der Waals surface area (Å²) in [6.07, 6.45) is 8.25. The minimum absolute atomic E-state index is 0.164. The molecular formula is C30H35FN2O5. The van der Waals surface area contributed by atoms with Gasteiger partial charge in [0.15, 0.2) is 0 Å². The van der Waals surface area contributed by atoms with Crippen LogP contribution in [0.5, 0.6) is 0 Å². The van der Waals surface area contributed by atoms with Gasteiger partial charge in [0.2, 0.25) is 0 Å². The monoisotopic (exact) mass is 522 g/mol. The number of aliphatic hydroxyl groups is 2. The van der Waals surface area contributed by atoms with Crippen molar-refractivity contribution in [1.29, 1.82) is 0 Å². The smallest absolute Gasteiger partial charge is 0.150 e. The fraction of sp³-hybridized carbons (Fsp3) is 0.367. The van der Waals surface area contributed by atoms with E-state index >= 15 is 0 Å². The third kappa shape index (κ3) is 5.50. The number of aryl methyl sites for hydroxylation is 1. The molecule has 1 heterocycles. The highest BCUT2D eigenvalue weighted by atomic mass is 19.3. The molecule has 0 aromatic heterocycles. The first-order valence-corrected chi connectivity index (χ1v) is 12.8. The largest absolute Gasteiger partial charge is 0.394 e. The van der Waals surface area contributed by atoms with Gasteiger partial charge < -0.3 is 25.6 Å². The van der Waals surface area contributed by atoms with Crippen LogP contribution in [-0.4, -0.2) is 53.5 Å². The SMILES string of the molecule is C=C\C=C(/C1=C(C=O)/C=C\Cc2ccc(CN)c3c(COF)ccc(c23)CC1)N(C)C1CC(O)C(CO)O1. The number of allylic oxidation sites excluding steroid dienone is 6. The number of likely N-dealkylation sites (N-methyl/N-ethyl adjacent to an activating group) is 1. The van der Waals surface area contributed by atoms with Crippen molar-refractivity contribution in [2.45, 2.75) is 57.3 Å². The molecule has 3 atom stereocenters. The molecule has 2 aliphatic rings. The molecule has 1 aliphatic carbocycles. The maximum atomic E-state index is 12.9. The van der Waals surface area contributed by atoms with Crippen LogP contribution in [0.1, 0.15) is 35.1 Å². The molecule has 0 spiro atoms. The van der Waals surface area contributed by atoms with Gasteiger partial charge in [-0.3, -0.25) is 4.79 Å². The lowest BCUT2D eigenvalue weighted by Gasteiger charge is -2.31. The second-order valence-electron chi connectivity index (χ2n) is 9.65. The summed E-state index contributed by atoms with van der Waals surface area (Å²) in [5.41, 5.74) is 12.0. The minimum atomic E-state index is -0.783. The van der Waals surface area contributed by atoms with Crippen LogP contribution in [-0.2, 0) is 40.5 Å². The van der Waals surface area contributed by atoms with E-state index in [0.717, 1.165) is 50.6 Å². The zero-order valence-electron chi connectivity index (χ0n) is 21.6. The number of nitrogens with two attached hydrogens (primary N) is 1. The zero-order valence-corrected chi connectivity index (χ0v) is 21.6. The van der Waals surface area contributed by atoms with E-state index in [4.69, 9.17) is 10.5 Å². The molecule has 0 bridgehead atoms. The second kappa shape index (κ2) is 12.6. The van der Waals surface area contributed by atoms with E-state index in [1.165, 1.54) is 0 Å². The topological polar surface area (TPSA) is 105 Å². The van der Waals surface area contributed by atoms with Gasteiger partial charge in [-0.05, 0) is 68.5 Å². The van der Waals surface area contributed by atoms with E-state index in [1.807, 2.05) is 54.4 Å². The molecule has 0 amide bonds. The lowest BCUT2D eigenvalue weighted by atomic mass is 9.86. The lowest BCUT2D eigenvalue weighted by Crippen LogP contribution is -2.33. The highest BCUT2D eigenvalue weighted by molar-refractivity contribution is 5.94. The number of halogens is 1. The lowest BCUT2D eigenvalue weighted by molar-refractivity contribution is -0.143. The average molecular weight is 523 g/mol. The zero-order chi connectivity index (χ0) is 27.2. The van der Waals surface area contributed by atoms with E-state index in [1.54, 1.807) is 6.08 Å². The maximum Gasteiger partial charge on any atom is 0.150 e.